The van der Waals surface area contributed by atoms with Gasteiger partial charge in [-0.1, -0.05) is 26.5 Å². The molecule has 0 aliphatic carbocycles. The average molecular weight is 234 g/mol. The van der Waals surface area contributed by atoms with Gasteiger partial charge in [0.1, 0.15) is 5.76 Å². The first-order chi connectivity index (χ1) is 7.02. The van der Waals surface area contributed by atoms with E-state index in [0.717, 1.165) is 18.4 Å². The molecule has 0 rings (SSSR count). The van der Waals surface area contributed by atoms with Crippen molar-refractivity contribution >= 4 is 7.82 Å². The summed E-state index contributed by atoms with van der Waals surface area (Å²) >= 11 is 0. The van der Waals surface area contributed by atoms with E-state index in [-0.39, 0.29) is 0 Å². The van der Waals surface area contributed by atoms with Gasteiger partial charge in [-0.05, 0) is 18.4 Å². The maximum Gasteiger partial charge on any atom is 0.529 e. The lowest BCUT2D eigenvalue weighted by molar-refractivity contribution is 0.185. The van der Waals surface area contributed by atoms with Crippen molar-refractivity contribution in [3.05, 3.63) is 24.0 Å². The van der Waals surface area contributed by atoms with Crippen molar-refractivity contribution in [2.75, 3.05) is 14.2 Å². The maximum atomic E-state index is 11.6. The van der Waals surface area contributed by atoms with E-state index in [1.807, 2.05) is 19.9 Å². The average Bonchev–Trinajstić information content (AvgIpc) is 2.25. The highest BCUT2D eigenvalue weighted by atomic mass is 31.2. The Balaban J connectivity index is 4.60. The van der Waals surface area contributed by atoms with Crippen LogP contribution >= 0.6 is 7.82 Å². The van der Waals surface area contributed by atoms with E-state index in [4.69, 9.17) is 4.52 Å². The van der Waals surface area contributed by atoms with E-state index in [2.05, 4.69) is 15.6 Å². The minimum atomic E-state index is -3.47. The fourth-order valence-electron chi connectivity index (χ4n) is 1.04. The molecule has 0 saturated carbocycles. The smallest absolute Gasteiger partial charge is 0.404 e. The molecule has 0 heterocycles. The van der Waals surface area contributed by atoms with E-state index >= 15 is 0 Å². The van der Waals surface area contributed by atoms with Crippen LogP contribution in [0, 0.1) is 0 Å². The third kappa shape index (κ3) is 4.65. The molecule has 4 nitrogen and oxygen atoms in total. The van der Waals surface area contributed by atoms with Crippen molar-refractivity contribution in [3.63, 3.8) is 0 Å². The molecule has 0 amide bonds. The van der Waals surface area contributed by atoms with Crippen LogP contribution in [0.15, 0.2) is 24.0 Å². The topological polar surface area (TPSA) is 44.8 Å². The molecule has 0 radical (unpaired) electrons. The van der Waals surface area contributed by atoms with E-state index in [1.165, 1.54) is 14.2 Å². The van der Waals surface area contributed by atoms with Gasteiger partial charge in [0, 0.05) is 14.2 Å². The molecule has 0 aromatic rings. The van der Waals surface area contributed by atoms with E-state index in [9.17, 15) is 4.57 Å². The minimum absolute atomic E-state index is 0.339. The second-order valence-corrected chi connectivity index (χ2v) is 4.63. The molecule has 0 bridgehead atoms. The zero-order valence-electron chi connectivity index (χ0n) is 9.78. The Hall–Kier alpha value is -0.570. The van der Waals surface area contributed by atoms with E-state index in [1.54, 1.807) is 0 Å². The van der Waals surface area contributed by atoms with Gasteiger partial charge in [-0.3, -0.25) is 9.05 Å². The van der Waals surface area contributed by atoms with Crippen molar-refractivity contribution in [2.24, 2.45) is 0 Å². The van der Waals surface area contributed by atoms with Gasteiger partial charge in [-0.15, -0.1) is 0 Å². The van der Waals surface area contributed by atoms with Gasteiger partial charge in [-0.25, -0.2) is 4.57 Å². The number of phosphoric acid groups is 1. The molecule has 5 heteroatoms. The van der Waals surface area contributed by atoms with Crippen LogP contribution in [0.1, 0.15) is 26.7 Å². The SMILES string of the molecule is C=C(OP(=O)(OC)OC)C(=CCC)CC. The largest absolute Gasteiger partial charge is 0.529 e. The zero-order valence-corrected chi connectivity index (χ0v) is 10.7. The molecule has 88 valence electrons. The lowest BCUT2D eigenvalue weighted by atomic mass is 10.1. The Kier molecular flexibility index (Phi) is 6.57. The lowest BCUT2D eigenvalue weighted by Gasteiger charge is -2.17. The van der Waals surface area contributed by atoms with Crippen molar-refractivity contribution < 1.29 is 18.1 Å². The second-order valence-electron chi connectivity index (χ2n) is 2.82. The van der Waals surface area contributed by atoms with Crippen molar-refractivity contribution in [2.45, 2.75) is 26.7 Å². The summed E-state index contributed by atoms with van der Waals surface area (Å²) < 4.78 is 26.0. The van der Waals surface area contributed by atoms with Gasteiger partial charge in [0.2, 0.25) is 0 Å². The first-order valence-corrected chi connectivity index (χ1v) is 6.28. The van der Waals surface area contributed by atoms with Crippen LogP contribution in [0.3, 0.4) is 0 Å². The van der Waals surface area contributed by atoms with Crippen molar-refractivity contribution in [1.29, 1.82) is 0 Å². The summed E-state index contributed by atoms with van der Waals surface area (Å²) in [6.45, 7) is 7.68. The highest BCUT2D eigenvalue weighted by Gasteiger charge is 2.25. The first kappa shape index (κ1) is 14.4. The highest BCUT2D eigenvalue weighted by molar-refractivity contribution is 7.48. The first-order valence-electron chi connectivity index (χ1n) is 4.82. The predicted octanol–water partition coefficient (Wildman–Crippen LogP) is 3.66. The van der Waals surface area contributed by atoms with Crippen LogP contribution in [0.5, 0.6) is 0 Å². The molecule has 0 unspecified atom stereocenters. The number of allylic oxidation sites excluding steroid dienone is 2. The normalized spacial score (nSPS) is 12.7. The number of rotatable bonds is 7. The number of hydrogen-bond donors (Lipinski definition) is 0. The molecule has 15 heavy (non-hydrogen) atoms. The Labute approximate surface area is 91.5 Å². The van der Waals surface area contributed by atoms with Crippen molar-refractivity contribution in [3.8, 4) is 0 Å². The third-order valence-electron chi connectivity index (χ3n) is 1.86. The van der Waals surface area contributed by atoms with Crippen LogP contribution < -0.4 is 0 Å². The van der Waals surface area contributed by atoms with E-state index < -0.39 is 7.82 Å². The van der Waals surface area contributed by atoms with Gasteiger partial charge in [0.15, 0.2) is 0 Å². The van der Waals surface area contributed by atoms with Gasteiger partial charge in [-0.2, -0.15) is 0 Å². The zero-order chi connectivity index (χ0) is 11.9. The molecule has 0 N–H and O–H groups in total. The Bertz CT molecular complexity index is 275. The maximum absolute atomic E-state index is 11.6. The molecule has 0 spiro atoms. The summed E-state index contributed by atoms with van der Waals surface area (Å²) in [4.78, 5) is 0. The Morgan fingerprint density at radius 1 is 1.33 bits per heavy atom. The fourth-order valence-corrected chi connectivity index (χ4v) is 1.73. The summed E-state index contributed by atoms with van der Waals surface area (Å²) in [5.41, 5.74) is 0.909. The number of hydrogen-bond acceptors (Lipinski definition) is 4. The fraction of sp³-hybridized carbons (Fsp3) is 0.600. The summed E-state index contributed by atoms with van der Waals surface area (Å²) in [5, 5.41) is 0. The molecule has 0 aromatic carbocycles. The van der Waals surface area contributed by atoms with Gasteiger partial charge in [0.25, 0.3) is 0 Å². The van der Waals surface area contributed by atoms with Crippen molar-refractivity contribution in [1.82, 2.24) is 0 Å². The second kappa shape index (κ2) is 6.83. The molecule has 0 atom stereocenters. The van der Waals surface area contributed by atoms with Gasteiger partial charge < -0.3 is 4.52 Å². The number of phosphoric ester groups is 1. The van der Waals surface area contributed by atoms with Gasteiger partial charge in [0.05, 0.1) is 0 Å². The summed E-state index contributed by atoms with van der Waals surface area (Å²) in [6, 6.07) is 0. The molecule has 0 aromatic heterocycles. The quantitative estimate of drug-likeness (QED) is 0.383. The van der Waals surface area contributed by atoms with Crippen LogP contribution in [0.2, 0.25) is 0 Å². The molecule has 0 saturated heterocycles. The summed E-state index contributed by atoms with van der Waals surface area (Å²) in [6.07, 6.45) is 3.61. The van der Waals surface area contributed by atoms with Crippen LogP contribution in [0.25, 0.3) is 0 Å². The molecular formula is C10H19O4P. The van der Waals surface area contributed by atoms with Crippen LogP contribution in [-0.2, 0) is 18.1 Å². The predicted molar refractivity (Wildman–Crippen MR) is 60.5 cm³/mol. The summed E-state index contributed by atoms with van der Waals surface area (Å²) in [5.74, 6) is 0.339. The molecule has 0 aliphatic heterocycles. The standard InChI is InChI=1S/C10H19O4P/c1-6-8-10(7-2)9(3)14-15(11,12-4)13-5/h8H,3,6-7H2,1-2,4-5H3. The monoisotopic (exact) mass is 234 g/mol. The Morgan fingerprint density at radius 3 is 2.20 bits per heavy atom. The highest BCUT2D eigenvalue weighted by Crippen LogP contribution is 2.50. The van der Waals surface area contributed by atoms with Crippen LogP contribution in [-0.4, -0.2) is 14.2 Å². The lowest BCUT2D eigenvalue weighted by Crippen LogP contribution is -1.97. The third-order valence-corrected chi connectivity index (χ3v) is 3.20. The Morgan fingerprint density at radius 2 is 1.87 bits per heavy atom. The summed E-state index contributed by atoms with van der Waals surface area (Å²) in [7, 11) is -0.927. The molecule has 0 aliphatic rings. The molecule has 0 fully saturated rings. The van der Waals surface area contributed by atoms with Gasteiger partial charge >= 0.3 is 7.82 Å². The molecular weight excluding hydrogens is 215 g/mol. The van der Waals surface area contributed by atoms with E-state index in [0.29, 0.717) is 5.76 Å². The van der Waals surface area contributed by atoms with Crippen LogP contribution in [0.4, 0.5) is 0 Å². The minimum Gasteiger partial charge on any atom is -0.404 e.